The normalized spacial score (nSPS) is 9.88. The number of thioether (sulfide) groups is 1. The molecule has 0 radical (unpaired) electrons. The number of aliphatic hydroxyl groups excluding tert-OH is 1. The Morgan fingerprint density at radius 1 is 1.53 bits per heavy atom. The third-order valence-electron chi connectivity index (χ3n) is 2.03. The van der Waals surface area contributed by atoms with Gasteiger partial charge in [-0.2, -0.15) is 17.0 Å². The maximum Gasteiger partial charge on any atom is 0.267 e. The van der Waals surface area contributed by atoms with Crippen molar-refractivity contribution in [1.29, 1.82) is 5.26 Å². The highest BCUT2D eigenvalue weighted by molar-refractivity contribution is 7.99. The summed E-state index contributed by atoms with van der Waals surface area (Å²) < 4.78 is 0. The number of aromatic amines is 1. The van der Waals surface area contributed by atoms with E-state index in [1.165, 1.54) is 0 Å². The number of rotatable bonds is 7. The second-order valence-corrected chi connectivity index (χ2v) is 4.57. The van der Waals surface area contributed by atoms with E-state index >= 15 is 0 Å². The summed E-state index contributed by atoms with van der Waals surface area (Å²) in [4.78, 5) is 14.3. The molecule has 3 N–H and O–H groups in total. The van der Waals surface area contributed by atoms with Crippen LogP contribution in [0.25, 0.3) is 0 Å². The molecule has 0 saturated heterocycles. The molecule has 0 bridgehead atoms. The molecule has 1 aromatic rings. The fourth-order valence-electron chi connectivity index (χ4n) is 1.19. The predicted molar refractivity (Wildman–Crippen MR) is 66.9 cm³/mol. The Balaban J connectivity index is 2.19. The molecule has 0 saturated carbocycles. The summed E-state index contributed by atoms with van der Waals surface area (Å²) in [5.74, 6) is 1.51. The molecule has 1 heterocycles. The molecule has 0 atom stereocenters. The fraction of sp³-hybridized carbons (Fsp3) is 0.455. The van der Waals surface area contributed by atoms with Gasteiger partial charge in [0.15, 0.2) is 0 Å². The van der Waals surface area contributed by atoms with Crippen LogP contribution in [0.5, 0.6) is 0 Å². The van der Waals surface area contributed by atoms with E-state index in [4.69, 9.17) is 10.4 Å². The summed E-state index contributed by atoms with van der Waals surface area (Å²) in [5, 5.41) is 19.9. The number of H-pyrrole nitrogens is 1. The summed E-state index contributed by atoms with van der Waals surface area (Å²) in [5.41, 5.74) is 0.786. The molecular formula is C11H15N3O2S. The van der Waals surface area contributed by atoms with E-state index in [2.05, 4.69) is 10.3 Å². The SMILES string of the molecule is N#Cc1ccc(C(=O)NCCSCCCO)[nH]1. The van der Waals surface area contributed by atoms with Gasteiger partial charge in [-0.25, -0.2) is 0 Å². The van der Waals surface area contributed by atoms with Crippen LogP contribution < -0.4 is 5.32 Å². The lowest BCUT2D eigenvalue weighted by molar-refractivity contribution is 0.0952. The highest BCUT2D eigenvalue weighted by Crippen LogP contribution is 2.02. The van der Waals surface area contributed by atoms with Crippen molar-refractivity contribution in [2.24, 2.45) is 0 Å². The van der Waals surface area contributed by atoms with Gasteiger partial charge in [-0.3, -0.25) is 4.79 Å². The van der Waals surface area contributed by atoms with E-state index in [0.29, 0.717) is 17.9 Å². The van der Waals surface area contributed by atoms with Crippen molar-refractivity contribution in [2.75, 3.05) is 24.7 Å². The van der Waals surface area contributed by atoms with E-state index < -0.39 is 0 Å². The molecule has 5 nitrogen and oxygen atoms in total. The number of hydrogen-bond acceptors (Lipinski definition) is 4. The highest BCUT2D eigenvalue weighted by atomic mass is 32.2. The molecule has 0 aliphatic carbocycles. The average molecular weight is 253 g/mol. The number of nitrogens with zero attached hydrogens (tertiary/aromatic N) is 1. The number of aromatic nitrogens is 1. The van der Waals surface area contributed by atoms with Crippen molar-refractivity contribution in [3.63, 3.8) is 0 Å². The van der Waals surface area contributed by atoms with E-state index in [1.54, 1.807) is 23.9 Å². The van der Waals surface area contributed by atoms with Gasteiger partial charge in [0.05, 0.1) is 0 Å². The minimum absolute atomic E-state index is 0.200. The lowest BCUT2D eigenvalue weighted by Gasteiger charge is -2.03. The van der Waals surface area contributed by atoms with Crippen molar-refractivity contribution in [3.8, 4) is 6.07 Å². The minimum atomic E-state index is -0.200. The first-order valence-electron chi connectivity index (χ1n) is 5.34. The molecule has 0 aromatic carbocycles. The molecule has 1 rings (SSSR count). The van der Waals surface area contributed by atoms with Crippen LogP contribution in [-0.2, 0) is 0 Å². The first kappa shape index (κ1) is 13.6. The first-order chi connectivity index (χ1) is 8.27. The van der Waals surface area contributed by atoms with E-state index in [-0.39, 0.29) is 12.5 Å². The third kappa shape index (κ3) is 4.93. The van der Waals surface area contributed by atoms with Crippen LogP contribution in [0.2, 0.25) is 0 Å². The Morgan fingerprint density at radius 3 is 3.00 bits per heavy atom. The van der Waals surface area contributed by atoms with E-state index in [1.807, 2.05) is 6.07 Å². The summed E-state index contributed by atoms with van der Waals surface area (Å²) >= 11 is 1.69. The molecular weight excluding hydrogens is 238 g/mol. The van der Waals surface area contributed by atoms with Crippen LogP contribution in [0.3, 0.4) is 0 Å². The maximum absolute atomic E-state index is 11.6. The van der Waals surface area contributed by atoms with Crippen molar-refractivity contribution in [1.82, 2.24) is 10.3 Å². The second kappa shape index (κ2) is 7.76. The molecule has 1 amide bonds. The summed E-state index contributed by atoms with van der Waals surface area (Å²) in [6.07, 6.45) is 0.779. The Bertz CT molecular complexity index is 398. The first-order valence-corrected chi connectivity index (χ1v) is 6.49. The summed E-state index contributed by atoms with van der Waals surface area (Å²) in [6, 6.07) is 5.09. The quantitative estimate of drug-likeness (QED) is 0.625. The largest absolute Gasteiger partial charge is 0.396 e. The predicted octanol–water partition coefficient (Wildman–Crippen LogP) is 0.732. The van der Waals surface area contributed by atoms with Gasteiger partial charge in [0.1, 0.15) is 17.5 Å². The lowest BCUT2D eigenvalue weighted by atomic mass is 10.4. The second-order valence-electron chi connectivity index (χ2n) is 3.34. The van der Waals surface area contributed by atoms with Crippen molar-refractivity contribution in [3.05, 3.63) is 23.5 Å². The molecule has 0 spiro atoms. The lowest BCUT2D eigenvalue weighted by Crippen LogP contribution is -2.26. The number of nitriles is 1. The van der Waals surface area contributed by atoms with E-state index in [9.17, 15) is 4.79 Å². The molecule has 0 unspecified atom stereocenters. The van der Waals surface area contributed by atoms with Crippen LogP contribution in [0.1, 0.15) is 22.6 Å². The molecule has 1 aromatic heterocycles. The van der Waals surface area contributed by atoms with Gasteiger partial charge in [0.2, 0.25) is 0 Å². The Kier molecular flexibility index (Phi) is 6.22. The molecule has 0 fully saturated rings. The maximum atomic E-state index is 11.6. The number of aliphatic hydroxyl groups is 1. The van der Waals surface area contributed by atoms with Crippen LogP contribution in [0.4, 0.5) is 0 Å². The number of amides is 1. The highest BCUT2D eigenvalue weighted by Gasteiger charge is 2.06. The third-order valence-corrected chi connectivity index (χ3v) is 3.10. The average Bonchev–Trinajstić information content (AvgIpc) is 2.82. The fourth-order valence-corrected chi connectivity index (χ4v) is 1.98. The summed E-state index contributed by atoms with van der Waals surface area (Å²) in [6.45, 7) is 0.786. The van der Waals surface area contributed by atoms with Crippen LogP contribution >= 0.6 is 11.8 Å². The molecule has 6 heteroatoms. The van der Waals surface area contributed by atoms with Gasteiger partial charge in [0.25, 0.3) is 5.91 Å². The summed E-state index contributed by atoms with van der Waals surface area (Å²) in [7, 11) is 0. The number of hydrogen-bond donors (Lipinski definition) is 3. The van der Waals surface area contributed by atoms with Gasteiger partial charge in [-0.1, -0.05) is 0 Å². The van der Waals surface area contributed by atoms with Crippen LogP contribution in [-0.4, -0.2) is 40.7 Å². The van der Waals surface area contributed by atoms with Gasteiger partial charge in [-0.15, -0.1) is 0 Å². The number of carbonyl (C=O) groups excluding carboxylic acids is 1. The smallest absolute Gasteiger partial charge is 0.267 e. The van der Waals surface area contributed by atoms with Gasteiger partial charge in [0, 0.05) is 18.9 Å². The van der Waals surface area contributed by atoms with Crippen molar-refractivity contribution >= 4 is 17.7 Å². The Hall–Kier alpha value is -1.45. The number of carbonyl (C=O) groups is 1. The van der Waals surface area contributed by atoms with Gasteiger partial charge in [-0.05, 0) is 24.3 Å². The van der Waals surface area contributed by atoms with Crippen LogP contribution in [0.15, 0.2) is 12.1 Å². The standard InChI is InChI=1S/C11H15N3O2S/c12-8-9-2-3-10(14-9)11(16)13-4-7-17-6-1-5-15/h2-3,14-15H,1,4-7H2,(H,13,16). The molecule has 0 aliphatic rings. The zero-order chi connectivity index (χ0) is 12.5. The van der Waals surface area contributed by atoms with Crippen molar-refractivity contribution < 1.29 is 9.90 Å². The Labute approximate surface area is 104 Å². The molecule has 0 aliphatic heterocycles. The Morgan fingerprint density at radius 2 is 2.35 bits per heavy atom. The zero-order valence-electron chi connectivity index (χ0n) is 9.40. The van der Waals surface area contributed by atoms with Crippen LogP contribution in [0, 0.1) is 11.3 Å². The monoisotopic (exact) mass is 253 g/mol. The van der Waals surface area contributed by atoms with Gasteiger partial charge >= 0.3 is 0 Å². The molecule has 17 heavy (non-hydrogen) atoms. The zero-order valence-corrected chi connectivity index (χ0v) is 10.2. The number of nitrogens with one attached hydrogen (secondary N) is 2. The molecule has 92 valence electrons. The minimum Gasteiger partial charge on any atom is -0.396 e. The van der Waals surface area contributed by atoms with Gasteiger partial charge < -0.3 is 15.4 Å². The topological polar surface area (TPSA) is 88.9 Å². The van der Waals surface area contributed by atoms with E-state index in [0.717, 1.165) is 17.9 Å². The van der Waals surface area contributed by atoms with Crippen molar-refractivity contribution in [2.45, 2.75) is 6.42 Å².